The first kappa shape index (κ1) is 16.5. The zero-order valence-corrected chi connectivity index (χ0v) is 12.9. The van der Waals surface area contributed by atoms with Gasteiger partial charge in [0.1, 0.15) is 15.7 Å². The number of sulfone groups is 1. The van der Waals surface area contributed by atoms with Gasteiger partial charge in [0.25, 0.3) is 5.82 Å². The first-order valence-electron chi connectivity index (χ1n) is 6.19. The van der Waals surface area contributed by atoms with Crippen LogP contribution in [-0.4, -0.2) is 53.3 Å². The Hall–Kier alpha value is -1.91. The molecule has 0 saturated carbocycles. The highest BCUT2D eigenvalue weighted by molar-refractivity contribution is 7.90. The van der Waals surface area contributed by atoms with Gasteiger partial charge in [-0.3, -0.25) is 0 Å². The molecule has 1 atom stereocenters. The van der Waals surface area contributed by atoms with E-state index in [-0.39, 0.29) is 17.2 Å². The van der Waals surface area contributed by atoms with Crippen LogP contribution in [0.5, 0.6) is 0 Å². The van der Waals surface area contributed by atoms with Gasteiger partial charge in [-0.25, -0.2) is 8.42 Å². The monoisotopic (exact) mass is 337 g/mol. The van der Waals surface area contributed by atoms with Crippen molar-refractivity contribution in [2.45, 2.75) is 19.1 Å². The van der Waals surface area contributed by atoms with Crippen LogP contribution in [0.1, 0.15) is 12.7 Å². The Labute approximate surface area is 124 Å². The summed E-state index contributed by atoms with van der Waals surface area (Å²) in [6, 6.07) is 2.35. The van der Waals surface area contributed by atoms with Crippen molar-refractivity contribution in [2.75, 3.05) is 24.0 Å². The molecule has 0 amide bonds. The minimum atomic E-state index is -4.68. The van der Waals surface area contributed by atoms with Crippen LogP contribution < -0.4 is 4.90 Å². The summed E-state index contributed by atoms with van der Waals surface area (Å²) >= 11 is 0. The number of alkyl halides is 3. The average Bonchev–Trinajstić information content (AvgIpc) is 2.78. The third-order valence-electron chi connectivity index (χ3n) is 3.07. The Morgan fingerprint density at radius 3 is 2.50 bits per heavy atom. The highest BCUT2D eigenvalue weighted by Gasteiger charge is 2.37. The Balaban J connectivity index is 2.40. The van der Waals surface area contributed by atoms with Crippen LogP contribution in [0.2, 0.25) is 0 Å². The van der Waals surface area contributed by atoms with E-state index < -0.39 is 27.9 Å². The van der Waals surface area contributed by atoms with Gasteiger partial charge >= 0.3 is 6.18 Å². The molecule has 0 bridgehead atoms. The van der Waals surface area contributed by atoms with E-state index in [4.69, 9.17) is 0 Å². The van der Waals surface area contributed by atoms with E-state index in [1.807, 2.05) is 0 Å². The van der Waals surface area contributed by atoms with Crippen LogP contribution in [0.3, 0.4) is 0 Å². The number of fused-ring (bicyclic) bond motifs is 1. The van der Waals surface area contributed by atoms with Gasteiger partial charge in [-0.05, 0) is 19.1 Å². The van der Waals surface area contributed by atoms with Gasteiger partial charge in [0.15, 0.2) is 5.65 Å². The molecule has 7 nitrogen and oxygen atoms in total. The second kappa shape index (κ2) is 5.38. The van der Waals surface area contributed by atoms with Crippen molar-refractivity contribution in [1.82, 2.24) is 19.8 Å². The third kappa shape index (κ3) is 3.46. The van der Waals surface area contributed by atoms with Crippen molar-refractivity contribution >= 4 is 21.3 Å². The molecule has 0 aliphatic heterocycles. The first-order chi connectivity index (χ1) is 9.99. The lowest BCUT2D eigenvalue weighted by molar-refractivity contribution is -0.146. The second-order valence-electron chi connectivity index (χ2n) is 5.04. The van der Waals surface area contributed by atoms with Gasteiger partial charge in [-0.2, -0.15) is 17.7 Å². The quantitative estimate of drug-likeness (QED) is 0.828. The molecule has 0 N–H and O–H groups in total. The molecule has 0 aromatic carbocycles. The Kier molecular flexibility index (Phi) is 4.02. The predicted molar refractivity (Wildman–Crippen MR) is 73.4 cm³/mol. The van der Waals surface area contributed by atoms with Crippen LogP contribution >= 0.6 is 0 Å². The Morgan fingerprint density at radius 1 is 1.32 bits per heavy atom. The van der Waals surface area contributed by atoms with E-state index >= 15 is 0 Å². The maximum Gasteiger partial charge on any atom is 0.453 e. The summed E-state index contributed by atoms with van der Waals surface area (Å²) in [7, 11) is -1.66. The van der Waals surface area contributed by atoms with Crippen LogP contribution in [0.25, 0.3) is 5.65 Å². The molecular weight excluding hydrogens is 323 g/mol. The summed E-state index contributed by atoms with van der Waals surface area (Å²) < 4.78 is 61.6. The van der Waals surface area contributed by atoms with Crippen molar-refractivity contribution in [3.8, 4) is 0 Å². The second-order valence-corrected chi connectivity index (χ2v) is 7.22. The van der Waals surface area contributed by atoms with Gasteiger partial charge in [-0.15, -0.1) is 15.3 Å². The van der Waals surface area contributed by atoms with E-state index in [1.165, 1.54) is 17.0 Å². The minimum absolute atomic E-state index is 0.0414. The number of rotatable bonds is 4. The standard InChI is InChI=1S/C11H14F3N5O2S/c1-7(6-22(3,20)21)18(2)9-5-4-8-15-16-10(11(12,13)14)19(8)17-9/h4-5,7H,6H2,1-3H3/t7-/m1/s1. The lowest BCUT2D eigenvalue weighted by Crippen LogP contribution is -2.35. The Morgan fingerprint density at radius 2 is 1.95 bits per heavy atom. The maximum atomic E-state index is 12.8. The van der Waals surface area contributed by atoms with Crippen molar-refractivity contribution in [3.63, 3.8) is 0 Å². The molecule has 0 radical (unpaired) electrons. The fraction of sp³-hybridized carbons (Fsp3) is 0.545. The number of halogens is 3. The van der Waals surface area contributed by atoms with E-state index in [1.54, 1.807) is 14.0 Å². The van der Waals surface area contributed by atoms with E-state index in [0.29, 0.717) is 4.52 Å². The number of hydrogen-bond acceptors (Lipinski definition) is 6. The molecule has 11 heteroatoms. The first-order valence-corrected chi connectivity index (χ1v) is 8.25. The Bertz CT molecular complexity index is 787. The van der Waals surface area contributed by atoms with Crippen LogP contribution in [0, 0.1) is 0 Å². The fourth-order valence-corrected chi connectivity index (χ4v) is 3.02. The summed E-state index contributed by atoms with van der Waals surface area (Å²) in [4.78, 5) is 1.49. The predicted octanol–water partition coefficient (Wildman–Crippen LogP) is 1.01. The van der Waals surface area contributed by atoms with Crippen molar-refractivity contribution in [3.05, 3.63) is 18.0 Å². The van der Waals surface area contributed by atoms with Gasteiger partial charge in [0.2, 0.25) is 0 Å². The summed E-state index contributed by atoms with van der Waals surface area (Å²) in [6.45, 7) is 1.64. The molecule has 2 aromatic rings. The van der Waals surface area contributed by atoms with E-state index in [2.05, 4.69) is 15.3 Å². The van der Waals surface area contributed by atoms with Crippen LogP contribution in [0.15, 0.2) is 12.1 Å². The minimum Gasteiger partial charge on any atom is -0.355 e. The highest BCUT2D eigenvalue weighted by Crippen LogP contribution is 2.28. The normalized spacial score (nSPS) is 14.3. The molecule has 0 unspecified atom stereocenters. The fourth-order valence-electron chi connectivity index (χ4n) is 1.92. The molecule has 0 saturated heterocycles. The molecule has 2 rings (SSSR count). The lowest BCUT2D eigenvalue weighted by atomic mass is 10.3. The molecular formula is C11H14F3N5O2S. The number of hydrogen-bond donors (Lipinski definition) is 0. The molecule has 2 aromatic heterocycles. The summed E-state index contributed by atoms with van der Waals surface area (Å²) in [5, 5.41) is 10.3. The van der Waals surface area contributed by atoms with Crippen molar-refractivity contribution in [1.29, 1.82) is 0 Å². The number of nitrogens with zero attached hydrogens (tertiary/aromatic N) is 5. The topological polar surface area (TPSA) is 80.5 Å². The van der Waals surface area contributed by atoms with Gasteiger partial charge in [0, 0.05) is 19.3 Å². The van der Waals surface area contributed by atoms with E-state index in [9.17, 15) is 21.6 Å². The molecule has 22 heavy (non-hydrogen) atoms. The molecule has 0 aliphatic rings. The van der Waals surface area contributed by atoms with E-state index in [0.717, 1.165) is 6.26 Å². The van der Waals surface area contributed by atoms with Gasteiger partial charge < -0.3 is 4.90 Å². The highest BCUT2D eigenvalue weighted by atomic mass is 32.2. The molecule has 0 aliphatic carbocycles. The average molecular weight is 337 g/mol. The van der Waals surface area contributed by atoms with Crippen LogP contribution in [0.4, 0.5) is 19.0 Å². The summed E-state index contributed by atoms with van der Waals surface area (Å²) in [6.07, 6.45) is -3.59. The smallest absolute Gasteiger partial charge is 0.355 e. The van der Waals surface area contributed by atoms with Crippen molar-refractivity contribution < 1.29 is 21.6 Å². The largest absolute Gasteiger partial charge is 0.453 e. The zero-order chi connectivity index (χ0) is 16.7. The lowest BCUT2D eigenvalue weighted by Gasteiger charge is -2.25. The van der Waals surface area contributed by atoms with Crippen LogP contribution in [-0.2, 0) is 16.0 Å². The van der Waals surface area contributed by atoms with Crippen molar-refractivity contribution in [2.24, 2.45) is 0 Å². The van der Waals surface area contributed by atoms with Gasteiger partial charge in [0.05, 0.1) is 5.75 Å². The van der Waals surface area contributed by atoms with Gasteiger partial charge in [-0.1, -0.05) is 0 Å². The molecule has 2 heterocycles. The molecule has 0 fully saturated rings. The molecule has 122 valence electrons. The number of anilines is 1. The zero-order valence-electron chi connectivity index (χ0n) is 12.0. The summed E-state index contributed by atoms with van der Waals surface area (Å²) in [5.74, 6) is -1.18. The summed E-state index contributed by atoms with van der Waals surface area (Å²) in [5.41, 5.74) is -0.0414. The SMILES string of the molecule is C[C@H](CS(C)(=O)=O)N(C)c1ccc2nnc(C(F)(F)F)n2n1. The third-order valence-corrected chi connectivity index (χ3v) is 4.16. The molecule has 0 spiro atoms. The number of aromatic nitrogens is 4. The maximum absolute atomic E-state index is 12.8.